The summed E-state index contributed by atoms with van der Waals surface area (Å²) < 4.78 is 5.82. The molecule has 6 heteroatoms. The highest BCUT2D eigenvalue weighted by Crippen LogP contribution is 2.23. The lowest BCUT2D eigenvalue weighted by Gasteiger charge is -2.33. The van der Waals surface area contributed by atoms with E-state index < -0.39 is 0 Å². The molecule has 0 saturated carbocycles. The molecule has 0 amide bonds. The van der Waals surface area contributed by atoms with Gasteiger partial charge in [0, 0.05) is 25.0 Å². The lowest BCUT2D eigenvalue weighted by atomic mass is 9.94. The van der Waals surface area contributed by atoms with Crippen LogP contribution in [0, 0.1) is 5.92 Å². The molecule has 1 saturated heterocycles. The maximum atomic E-state index is 5.82. The molecule has 5 nitrogen and oxygen atoms in total. The van der Waals surface area contributed by atoms with Crippen molar-refractivity contribution in [3.8, 4) is 0 Å². The minimum absolute atomic E-state index is 0. The summed E-state index contributed by atoms with van der Waals surface area (Å²) >= 11 is 0. The number of piperidine rings is 1. The maximum absolute atomic E-state index is 5.82. The number of aliphatic imine (C=N–C) groups is 1. The molecule has 1 aliphatic heterocycles. The summed E-state index contributed by atoms with van der Waals surface area (Å²) in [5.41, 5.74) is -0.0121. The van der Waals surface area contributed by atoms with E-state index in [1.54, 1.807) is 0 Å². The summed E-state index contributed by atoms with van der Waals surface area (Å²) in [6.45, 7) is 14.3. The minimum atomic E-state index is -0.0121. The molecule has 0 bridgehead atoms. The second-order valence-electron chi connectivity index (χ2n) is 7.23. The van der Waals surface area contributed by atoms with Crippen molar-refractivity contribution >= 4 is 29.9 Å². The van der Waals surface area contributed by atoms with E-state index in [2.05, 4.69) is 49.8 Å². The molecule has 0 radical (unpaired) electrons. The Hall–Kier alpha value is -0.790. The number of rotatable bonds is 3. The highest BCUT2D eigenvalue weighted by molar-refractivity contribution is 14.0. The van der Waals surface area contributed by atoms with Crippen molar-refractivity contribution in [3.63, 3.8) is 0 Å². The molecule has 1 atom stereocenters. The monoisotopic (exact) mass is 434 g/mol. The maximum Gasteiger partial charge on any atom is 0.216 e. The molecule has 23 heavy (non-hydrogen) atoms. The van der Waals surface area contributed by atoms with Gasteiger partial charge in [-0.1, -0.05) is 27.7 Å². The smallest absolute Gasteiger partial charge is 0.216 e. The van der Waals surface area contributed by atoms with Gasteiger partial charge in [-0.2, -0.15) is 0 Å². The Bertz CT molecular complexity index is 507. The van der Waals surface area contributed by atoms with E-state index in [1.807, 2.05) is 6.20 Å². The standard InChI is InChI=1S/C17H30N4O.HI/c1-6-18-16(21-9-7-8-13(2)12-21)20-11-15-19-10-14(22-15)17(3,4)5;/h10,13H,6-9,11-12H2,1-5H3,(H,18,20);1H. The lowest BCUT2D eigenvalue weighted by molar-refractivity contribution is 0.265. The van der Waals surface area contributed by atoms with Crippen LogP contribution >= 0.6 is 24.0 Å². The van der Waals surface area contributed by atoms with Crippen LogP contribution in [-0.4, -0.2) is 35.5 Å². The second-order valence-corrected chi connectivity index (χ2v) is 7.23. The highest BCUT2D eigenvalue weighted by Gasteiger charge is 2.21. The quantitative estimate of drug-likeness (QED) is 0.447. The van der Waals surface area contributed by atoms with Crippen molar-refractivity contribution in [2.24, 2.45) is 10.9 Å². The summed E-state index contributed by atoms with van der Waals surface area (Å²) in [6.07, 6.45) is 4.37. The van der Waals surface area contributed by atoms with Gasteiger partial charge in [0.05, 0.1) is 6.20 Å². The number of hydrogen-bond donors (Lipinski definition) is 1. The van der Waals surface area contributed by atoms with Crippen molar-refractivity contribution in [2.75, 3.05) is 19.6 Å². The van der Waals surface area contributed by atoms with Gasteiger partial charge in [-0.05, 0) is 25.7 Å². The number of nitrogens with one attached hydrogen (secondary N) is 1. The van der Waals surface area contributed by atoms with Crippen LogP contribution < -0.4 is 5.32 Å². The van der Waals surface area contributed by atoms with E-state index in [9.17, 15) is 0 Å². The number of guanidine groups is 1. The lowest BCUT2D eigenvalue weighted by Crippen LogP contribution is -2.46. The van der Waals surface area contributed by atoms with Gasteiger partial charge in [-0.3, -0.25) is 0 Å². The van der Waals surface area contributed by atoms with Gasteiger partial charge in [-0.15, -0.1) is 24.0 Å². The van der Waals surface area contributed by atoms with Crippen LogP contribution in [0.4, 0.5) is 0 Å². The van der Waals surface area contributed by atoms with Gasteiger partial charge < -0.3 is 14.6 Å². The zero-order valence-corrected chi connectivity index (χ0v) is 17.4. The SMILES string of the molecule is CCNC(=NCc1ncc(C(C)(C)C)o1)N1CCCC(C)C1.I. The minimum Gasteiger partial charge on any atom is -0.443 e. The predicted octanol–water partition coefficient (Wildman–Crippen LogP) is 3.79. The largest absolute Gasteiger partial charge is 0.443 e. The number of oxazole rings is 1. The molecule has 1 aromatic rings. The van der Waals surface area contributed by atoms with Crippen LogP contribution in [0.1, 0.15) is 59.1 Å². The van der Waals surface area contributed by atoms with E-state index in [4.69, 9.17) is 9.41 Å². The Balaban J connectivity index is 0.00000264. The molecular formula is C17H31IN4O. The van der Waals surface area contributed by atoms with Crippen molar-refractivity contribution < 1.29 is 4.42 Å². The van der Waals surface area contributed by atoms with Gasteiger partial charge in [-0.25, -0.2) is 9.98 Å². The normalized spacial score (nSPS) is 19.4. The fourth-order valence-corrected chi connectivity index (χ4v) is 2.68. The first-order chi connectivity index (χ1) is 10.4. The Morgan fingerprint density at radius 2 is 2.22 bits per heavy atom. The number of hydrogen-bond acceptors (Lipinski definition) is 3. The average Bonchev–Trinajstić information content (AvgIpc) is 2.92. The second kappa shape index (κ2) is 8.89. The third-order valence-corrected chi connectivity index (χ3v) is 3.95. The molecule has 1 N–H and O–H groups in total. The van der Waals surface area contributed by atoms with Crippen molar-refractivity contribution in [3.05, 3.63) is 17.8 Å². The summed E-state index contributed by atoms with van der Waals surface area (Å²) in [5, 5.41) is 3.39. The van der Waals surface area contributed by atoms with Gasteiger partial charge >= 0.3 is 0 Å². The number of likely N-dealkylation sites (tertiary alicyclic amines) is 1. The Morgan fingerprint density at radius 1 is 1.48 bits per heavy atom. The number of nitrogens with zero attached hydrogens (tertiary/aromatic N) is 3. The van der Waals surface area contributed by atoms with Gasteiger partial charge in [0.25, 0.3) is 0 Å². The molecule has 2 rings (SSSR count). The van der Waals surface area contributed by atoms with Crippen molar-refractivity contribution in [1.29, 1.82) is 0 Å². The molecule has 2 heterocycles. The fourth-order valence-electron chi connectivity index (χ4n) is 2.68. The van der Waals surface area contributed by atoms with Crippen LogP contribution in [-0.2, 0) is 12.0 Å². The van der Waals surface area contributed by atoms with Gasteiger partial charge in [0.1, 0.15) is 12.3 Å². The topological polar surface area (TPSA) is 53.7 Å². The van der Waals surface area contributed by atoms with E-state index in [-0.39, 0.29) is 29.4 Å². The zero-order valence-electron chi connectivity index (χ0n) is 15.1. The fraction of sp³-hybridized carbons (Fsp3) is 0.765. The Labute approximate surface area is 157 Å². The molecular weight excluding hydrogens is 403 g/mol. The average molecular weight is 434 g/mol. The van der Waals surface area contributed by atoms with Gasteiger partial charge in [0.15, 0.2) is 5.96 Å². The first kappa shape index (κ1) is 20.3. The molecule has 1 unspecified atom stereocenters. The number of halogens is 1. The summed E-state index contributed by atoms with van der Waals surface area (Å²) in [5.74, 6) is 3.30. The van der Waals surface area contributed by atoms with E-state index >= 15 is 0 Å². The molecule has 1 aromatic heterocycles. The highest BCUT2D eigenvalue weighted by atomic mass is 127. The van der Waals surface area contributed by atoms with Gasteiger partial charge in [0.2, 0.25) is 5.89 Å². The molecule has 0 aromatic carbocycles. The van der Waals surface area contributed by atoms with E-state index in [0.717, 1.165) is 37.3 Å². The van der Waals surface area contributed by atoms with Crippen molar-refractivity contribution in [2.45, 2.75) is 59.4 Å². The van der Waals surface area contributed by atoms with Crippen LogP contribution in [0.5, 0.6) is 0 Å². The summed E-state index contributed by atoms with van der Waals surface area (Å²) in [4.78, 5) is 11.4. The van der Waals surface area contributed by atoms with E-state index in [0.29, 0.717) is 12.4 Å². The molecule has 1 fully saturated rings. The molecule has 132 valence electrons. The van der Waals surface area contributed by atoms with Crippen LogP contribution in [0.25, 0.3) is 0 Å². The third kappa shape index (κ3) is 5.97. The first-order valence-corrected chi connectivity index (χ1v) is 8.38. The van der Waals surface area contributed by atoms with Crippen molar-refractivity contribution in [1.82, 2.24) is 15.2 Å². The third-order valence-electron chi connectivity index (χ3n) is 3.95. The first-order valence-electron chi connectivity index (χ1n) is 8.38. The van der Waals surface area contributed by atoms with E-state index in [1.165, 1.54) is 12.8 Å². The Kier molecular flexibility index (Phi) is 7.83. The summed E-state index contributed by atoms with van der Waals surface area (Å²) in [7, 11) is 0. The Morgan fingerprint density at radius 3 is 2.78 bits per heavy atom. The van der Waals surface area contributed by atoms with Crippen LogP contribution in [0.15, 0.2) is 15.6 Å². The molecule has 0 spiro atoms. The van der Waals surface area contributed by atoms with Crippen LogP contribution in [0.2, 0.25) is 0 Å². The summed E-state index contributed by atoms with van der Waals surface area (Å²) in [6, 6.07) is 0. The molecule has 0 aliphatic carbocycles. The number of aromatic nitrogens is 1. The van der Waals surface area contributed by atoms with Crippen LogP contribution in [0.3, 0.4) is 0 Å². The zero-order chi connectivity index (χ0) is 16.2. The molecule has 1 aliphatic rings. The predicted molar refractivity (Wildman–Crippen MR) is 105 cm³/mol.